The van der Waals surface area contributed by atoms with Gasteiger partial charge in [-0.2, -0.15) is 0 Å². The molecule has 8 heteroatoms. The predicted molar refractivity (Wildman–Crippen MR) is 114 cm³/mol. The van der Waals surface area contributed by atoms with Crippen molar-refractivity contribution in [2.75, 3.05) is 53.0 Å². The number of likely N-dealkylation sites (tertiary alicyclic amines) is 1. The number of aliphatic imine (C=N–C) groups is 1. The number of rotatable bonds is 6. The lowest BCUT2D eigenvalue weighted by Gasteiger charge is -2.34. The molecule has 3 heterocycles. The van der Waals surface area contributed by atoms with Crippen LogP contribution in [0.25, 0.3) is 0 Å². The zero-order valence-corrected chi connectivity index (χ0v) is 18.1. The minimum absolute atomic E-state index is 0.229. The van der Waals surface area contributed by atoms with E-state index in [1.165, 1.54) is 9.75 Å². The third-order valence-corrected chi connectivity index (χ3v) is 6.55. The van der Waals surface area contributed by atoms with Crippen LogP contribution in [0.4, 0.5) is 0 Å². The van der Waals surface area contributed by atoms with E-state index in [0.29, 0.717) is 12.5 Å². The van der Waals surface area contributed by atoms with E-state index in [9.17, 15) is 4.79 Å². The Morgan fingerprint density at radius 3 is 2.79 bits per heavy atom. The molecular formula is C20H33N5O2S. The van der Waals surface area contributed by atoms with Crippen LogP contribution in [-0.2, 0) is 9.53 Å². The predicted octanol–water partition coefficient (Wildman–Crippen LogP) is 1.61. The van der Waals surface area contributed by atoms with Crippen molar-refractivity contribution in [3.05, 3.63) is 21.9 Å². The molecule has 7 nitrogen and oxygen atoms in total. The number of amides is 1. The molecule has 28 heavy (non-hydrogen) atoms. The summed E-state index contributed by atoms with van der Waals surface area (Å²) in [6.07, 6.45) is 1.53. The van der Waals surface area contributed by atoms with Crippen molar-refractivity contribution in [3.63, 3.8) is 0 Å². The Kier molecular flexibility index (Phi) is 7.70. The van der Waals surface area contributed by atoms with E-state index >= 15 is 0 Å². The molecule has 2 aliphatic rings. The van der Waals surface area contributed by atoms with Crippen molar-refractivity contribution in [2.45, 2.75) is 38.8 Å². The van der Waals surface area contributed by atoms with E-state index in [2.05, 4.69) is 39.6 Å². The number of carbonyl (C=O) groups is 1. The maximum absolute atomic E-state index is 11.9. The van der Waals surface area contributed by atoms with Gasteiger partial charge in [0.05, 0.1) is 19.3 Å². The fraction of sp³-hybridized carbons (Fsp3) is 0.700. The van der Waals surface area contributed by atoms with Crippen LogP contribution in [0, 0.1) is 6.92 Å². The molecule has 2 fully saturated rings. The van der Waals surface area contributed by atoms with E-state index in [-0.39, 0.29) is 11.9 Å². The van der Waals surface area contributed by atoms with E-state index in [4.69, 9.17) is 4.74 Å². The Morgan fingerprint density at radius 2 is 2.14 bits per heavy atom. The lowest BCUT2D eigenvalue weighted by atomic mass is 10.2. The Labute approximate surface area is 172 Å². The van der Waals surface area contributed by atoms with Gasteiger partial charge < -0.3 is 20.3 Å². The molecule has 1 aromatic rings. The lowest BCUT2D eigenvalue weighted by Crippen LogP contribution is -2.48. The number of aryl methyl sites for hydroxylation is 1. The summed E-state index contributed by atoms with van der Waals surface area (Å²) in [5, 5.41) is 7.01. The topological polar surface area (TPSA) is 69.2 Å². The second-order valence-electron chi connectivity index (χ2n) is 7.39. The maximum Gasteiger partial charge on any atom is 0.222 e. The summed E-state index contributed by atoms with van der Waals surface area (Å²) >= 11 is 1.86. The van der Waals surface area contributed by atoms with Crippen molar-refractivity contribution < 1.29 is 9.53 Å². The highest BCUT2D eigenvalue weighted by Crippen LogP contribution is 2.27. The van der Waals surface area contributed by atoms with Crippen LogP contribution in [0.5, 0.6) is 0 Å². The van der Waals surface area contributed by atoms with Crippen molar-refractivity contribution in [3.8, 4) is 0 Å². The van der Waals surface area contributed by atoms with Gasteiger partial charge in [0.1, 0.15) is 0 Å². The third kappa shape index (κ3) is 5.46. The minimum atomic E-state index is 0.229. The van der Waals surface area contributed by atoms with Crippen LogP contribution in [-0.4, -0.2) is 80.7 Å². The number of morpholine rings is 1. The van der Waals surface area contributed by atoms with E-state index in [1.54, 1.807) is 7.05 Å². The summed E-state index contributed by atoms with van der Waals surface area (Å²) in [5.41, 5.74) is 0. The van der Waals surface area contributed by atoms with Gasteiger partial charge in [0, 0.05) is 62.0 Å². The number of nitrogens with one attached hydrogen (secondary N) is 2. The van der Waals surface area contributed by atoms with Gasteiger partial charge in [-0.15, -0.1) is 11.3 Å². The lowest BCUT2D eigenvalue weighted by molar-refractivity contribution is -0.129. The summed E-state index contributed by atoms with van der Waals surface area (Å²) in [6.45, 7) is 9.93. The second-order valence-corrected chi connectivity index (χ2v) is 8.71. The minimum Gasteiger partial charge on any atom is -0.379 e. The van der Waals surface area contributed by atoms with E-state index in [0.717, 1.165) is 58.3 Å². The molecule has 3 rings (SSSR count). The van der Waals surface area contributed by atoms with Crippen molar-refractivity contribution in [1.82, 2.24) is 20.4 Å². The van der Waals surface area contributed by atoms with Crippen LogP contribution in [0.2, 0.25) is 0 Å². The Bertz CT molecular complexity index is 671. The number of carbonyl (C=O) groups excluding carboxylic acids is 1. The summed E-state index contributed by atoms with van der Waals surface area (Å²) < 4.78 is 5.54. The van der Waals surface area contributed by atoms with Gasteiger partial charge in [-0.05, 0) is 25.5 Å². The molecule has 156 valence electrons. The smallest absolute Gasteiger partial charge is 0.222 e. The monoisotopic (exact) mass is 407 g/mol. The molecule has 1 amide bonds. The quantitative estimate of drug-likeness (QED) is 0.554. The first-order valence-corrected chi connectivity index (χ1v) is 11.1. The zero-order chi connectivity index (χ0) is 19.9. The van der Waals surface area contributed by atoms with Crippen molar-refractivity contribution in [2.24, 2.45) is 4.99 Å². The molecule has 1 aromatic heterocycles. The zero-order valence-electron chi connectivity index (χ0n) is 17.2. The SMILES string of the molecule is CCC(=O)N1CCC(NC(=NC)NCC(c2ccc(C)s2)N2CCOCC2)C1. The summed E-state index contributed by atoms with van der Waals surface area (Å²) in [5.74, 6) is 1.04. The number of hydrogen-bond acceptors (Lipinski definition) is 5. The van der Waals surface area contributed by atoms with Gasteiger partial charge in [0.2, 0.25) is 5.91 Å². The number of ether oxygens (including phenoxy) is 1. The van der Waals surface area contributed by atoms with E-state index in [1.807, 2.05) is 23.2 Å². The van der Waals surface area contributed by atoms with E-state index < -0.39 is 0 Å². The molecule has 0 aliphatic carbocycles. The highest BCUT2D eigenvalue weighted by atomic mass is 32.1. The molecule has 0 aromatic carbocycles. The highest BCUT2D eigenvalue weighted by Gasteiger charge is 2.27. The van der Waals surface area contributed by atoms with Gasteiger partial charge in [-0.3, -0.25) is 14.7 Å². The maximum atomic E-state index is 11.9. The molecule has 0 saturated carbocycles. The Morgan fingerprint density at radius 1 is 1.36 bits per heavy atom. The third-order valence-electron chi connectivity index (χ3n) is 5.45. The Hall–Kier alpha value is -1.64. The van der Waals surface area contributed by atoms with Gasteiger partial charge in [-0.1, -0.05) is 6.92 Å². The normalized spacial score (nSPS) is 22.3. The first-order chi connectivity index (χ1) is 13.6. The van der Waals surface area contributed by atoms with Crippen LogP contribution >= 0.6 is 11.3 Å². The number of thiophene rings is 1. The van der Waals surface area contributed by atoms with Crippen molar-refractivity contribution >= 4 is 23.2 Å². The number of guanidine groups is 1. The van der Waals surface area contributed by atoms with Crippen LogP contribution in [0.15, 0.2) is 17.1 Å². The first-order valence-electron chi connectivity index (χ1n) is 10.2. The molecule has 0 bridgehead atoms. The standard InChI is InChI=1S/C20H33N5O2S/c1-4-19(26)25-8-7-16(14-25)23-20(21-3)22-13-17(18-6-5-15(2)28-18)24-9-11-27-12-10-24/h5-6,16-17H,4,7-14H2,1-3H3,(H2,21,22,23). The molecule has 0 radical (unpaired) electrons. The molecule has 2 saturated heterocycles. The molecule has 2 unspecified atom stereocenters. The summed E-state index contributed by atoms with van der Waals surface area (Å²) in [7, 11) is 1.80. The average molecular weight is 408 g/mol. The van der Waals surface area contributed by atoms with Gasteiger partial charge in [0.15, 0.2) is 5.96 Å². The van der Waals surface area contributed by atoms with Gasteiger partial charge in [0.25, 0.3) is 0 Å². The largest absolute Gasteiger partial charge is 0.379 e. The molecular weight excluding hydrogens is 374 g/mol. The molecule has 2 N–H and O–H groups in total. The van der Waals surface area contributed by atoms with Gasteiger partial charge >= 0.3 is 0 Å². The van der Waals surface area contributed by atoms with Crippen molar-refractivity contribution in [1.29, 1.82) is 0 Å². The summed E-state index contributed by atoms with van der Waals surface area (Å²) in [6, 6.07) is 5.00. The van der Waals surface area contributed by atoms with Crippen LogP contribution < -0.4 is 10.6 Å². The first kappa shape index (κ1) is 21.1. The number of nitrogens with zero attached hydrogens (tertiary/aromatic N) is 3. The molecule has 2 atom stereocenters. The summed E-state index contributed by atoms with van der Waals surface area (Å²) in [4.78, 5) is 23.5. The fourth-order valence-electron chi connectivity index (χ4n) is 3.84. The highest BCUT2D eigenvalue weighted by molar-refractivity contribution is 7.12. The molecule has 2 aliphatic heterocycles. The van der Waals surface area contributed by atoms with Gasteiger partial charge in [-0.25, -0.2) is 0 Å². The average Bonchev–Trinajstić information content (AvgIpc) is 3.36. The molecule has 0 spiro atoms. The Balaban J connectivity index is 1.57. The fourth-order valence-corrected chi connectivity index (χ4v) is 4.85. The van der Waals surface area contributed by atoms with Crippen LogP contribution in [0.3, 0.4) is 0 Å². The second kappa shape index (κ2) is 10.2. The number of hydrogen-bond donors (Lipinski definition) is 2. The van der Waals surface area contributed by atoms with Crippen LogP contribution in [0.1, 0.15) is 35.6 Å².